The summed E-state index contributed by atoms with van der Waals surface area (Å²) in [6.45, 7) is 3.68. The second-order valence-corrected chi connectivity index (χ2v) is 6.06. The maximum absolute atomic E-state index is 10.8. The number of aliphatic hydroxyl groups excluding tert-OH is 1. The number of nitrogens with zero attached hydrogens (tertiary/aromatic N) is 3. The minimum atomic E-state index is -0.880. The molecular weight excluding hydrogens is 314 g/mol. The molecule has 7 heteroatoms. The van der Waals surface area contributed by atoms with Gasteiger partial charge in [-0.1, -0.05) is 12.1 Å². The molecule has 1 aromatic carbocycles. The molecule has 2 rings (SSSR count). The minimum Gasteiger partial charge on any atom is -0.388 e. The van der Waals surface area contributed by atoms with Crippen LogP contribution in [0.4, 0.5) is 5.69 Å². The Kier molecular flexibility index (Phi) is 5.32. The first-order valence-electron chi connectivity index (χ1n) is 6.86. The molecule has 0 aliphatic heterocycles. The van der Waals surface area contributed by atoms with Crippen molar-refractivity contribution < 1.29 is 10.0 Å². The van der Waals surface area contributed by atoms with Crippen LogP contribution in [0.1, 0.15) is 28.5 Å². The van der Waals surface area contributed by atoms with E-state index in [2.05, 4.69) is 11.1 Å². The molecule has 2 aromatic rings. The number of aryl methyl sites for hydroxylation is 2. The van der Waals surface area contributed by atoms with E-state index >= 15 is 0 Å². The molecular formula is C16H15N3O3S. The van der Waals surface area contributed by atoms with Gasteiger partial charge in [-0.15, -0.1) is 11.8 Å². The predicted octanol–water partition coefficient (Wildman–Crippen LogP) is 3.30. The number of thioether (sulfide) groups is 1. The van der Waals surface area contributed by atoms with Gasteiger partial charge in [-0.2, -0.15) is 5.26 Å². The number of aliphatic hydroxyl groups is 1. The van der Waals surface area contributed by atoms with Gasteiger partial charge in [0.25, 0.3) is 5.69 Å². The number of nitro benzene ring substituents is 1. The van der Waals surface area contributed by atoms with Crippen molar-refractivity contribution >= 4 is 17.4 Å². The van der Waals surface area contributed by atoms with Gasteiger partial charge in [0, 0.05) is 23.6 Å². The molecule has 0 saturated heterocycles. The third-order valence-corrected chi connectivity index (χ3v) is 4.32. The largest absolute Gasteiger partial charge is 0.388 e. The van der Waals surface area contributed by atoms with Crippen LogP contribution in [0.25, 0.3) is 0 Å². The molecule has 0 spiro atoms. The fraction of sp³-hybridized carbons (Fsp3) is 0.250. The van der Waals surface area contributed by atoms with Crippen LogP contribution in [0.5, 0.6) is 0 Å². The summed E-state index contributed by atoms with van der Waals surface area (Å²) < 4.78 is 0. The van der Waals surface area contributed by atoms with Crippen LogP contribution in [-0.4, -0.2) is 20.8 Å². The van der Waals surface area contributed by atoms with Crippen molar-refractivity contribution in [1.82, 2.24) is 4.98 Å². The highest BCUT2D eigenvalue weighted by Crippen LogP contribution is 2.28. The minimum absolute atomic E-state index is 0.0613. The monoisotopic (exact) mass is 329 g/mol. The predicted molar refractivity (Wildman–Crippen MR) is 87.2 cm³/mol. The summed E-state index contributed by atoms with van der Waals surface area (Å²) in [6.07, 6.45) is -0.880. The fourth-order valence-electron chi connectivity index (χ4n) is 2.14. The van der Waals surface area contributed by atoms with E-state index in [0.29, 0.717) is 16.2 Å². The number of nitriles is 1. The van der Waals surface area contributed by atoms with Crippen LogP contribution in [0.15, 0.2) is 35.4 Å². The lowest BCUT2D eigenvalue weighted by molar-refractivity contribution is -0.385. The lowest BCUT2D eigenvalue weighted by atomic mass is 10.1. The Balaban J connectivity index is 2.17. The van der Waals surface area contributed by atoms with Gasteiger partial charge in [-0.3, -0.25) is 10.1 Å². The highest BCUT2D eigenvalue weighted by atomic mass is 32.2. The molecule has 0 bridgehead atoms. The number of pyridine rings is 1. The first-order chi connectivity index (χ1) is 10.9. The quantitative estimate of drug-likeness (QED) is 0.513. The molecule has 1 aromatic heterocycles. The van der Waals surface area contributed by atoms with E-state index in [1.807, 2.05) is 19.9 Å². The second kappa shape index (κ2) is 7.22. The molecule has 1 N–H and O–H groups in total. The molecule has 0 aliphatic rings. The van der Waals surface area contributed by atoms with Gasteiger partial charge in [0.15, 0.2) is 0 Å². The van der Waals surface area contributed by atoms with Crippen molar-refractivity contribution in [2.24, 2.45) is 0 Å². The number of rotatable bonds is 5. The Morgan fingerprint density at radius 1 is 1.43 bits per heavy atom. The van der Waals surface area contributed by atoms with E-state index in [9.17, 15) is 20.5 Å². The highest BCUT2D eigenvalue weighted by molar-refractivity contribution is 7.99. The van der Waals surface area contributed by atoms with E-state index in [1.54, 1.807) is 6.07 Å². The molecule has 0 fully saturated rings. The summed E-state index contributed by atoms with van der Waals surface area (Å²) in [5.74, 6) is 0.256. The number of hydrogen-bond donors (Lipinski definition) is 1. The number of benzene rings is 1. The van der Waals surface area contributed by atoms with E-state index in [-0.39, 0.29) is 11.4 Å². The van der Waals surface area contributed by atoms with Crippen molar-refractivity contribution in [2.45, 2.75) is 25.0 Å². The van der Waals surface area contributed by atoms with Crippen LogP contribution in [0, 0.1) is 35.3 Å². The van der Waals surface area contributed by atoms with E-state index in [1.165, 1.54) is 30.0 Å². The Bertz CT molecular complexity index is 787. The van der Waals surface area contributed by atoms with Gasteiger partial charge in [0.1, 0.15) is 11.1 Å². The SMILES string of the molecule is Cc1cc(C)c(C#N)c(SC[C@@H](O)c2cccc([N+](=O)[O-])c2)n1. The van der Waals surface area contributed by atoms with Crippen LogP contribution < -0.4 is 0 Å². The molecule has 23 heavy (non-hydrogen) atoms. The standard InChI is InChI=1S/C16H15N3O3S/c1-10-6-11(2)18-16(14(10)8-17)23-9-15(20)12-4-3-5-13(7-12)19(21)22/h3-7,15,20H,9H2,1-2H3/t15-/m1/s1. The van der Waals surface area contributed by atoms with Gasteiger partial charge in [-0.25, -0.2) is 4.98 Å². The maximum Gasteiger partial charge on any atom is 0.269 e. The average molecular weight is 329 g/mol. The third kappa shape index (κ3) is 4.06. The molecule has 6 nitrogen and oxygen atoms in total. The van der Waals surface area contributed by atoms with Crippen molar-refractivity contribution in [2.75, 3.05) is 5.75 Å². The van der Waals surface area contributed by atoms with Crippen LogP contribution in [0.3, 0.4) is 0 Å². The Morgan fingerprint density at radius 3 is 2.83 bits per heavy atom. The molecule has 1 heterocycles. The summed E-state index contributed by atoms with van der Waals surface area (Å²) in [6, 6.07) is 9.86. The number of non-ortho nitro benzene ring substituents is 1. The number of hydrogen-bond acceptors (Lipinski definition) is 6. The topological polar surface area (TPSA) is 100 Å². The maximum atomic E-state index is 10.8. The number of nitro groups is 1. The van der Waals surface area contributed by atoms with Gasteiger partial charge in [0.05, 0.1) is 16.6 Å². The van der Waals surface area contributed by atoms with Crippen LogP contribution in [-0.2, 0) is 0 Å². The first-order valence-corrected chi connectivity index (χ1v) is 7.84. The molecule has 0 saturated carbocycles. The average Bonchev–Trinajstić information content (AvgIpc) is 2.52. The van der Waals surface area contributed by atoms with E-state index in [0.717, 1.165) is 11.3 Å². The summed E-state index contributed by atoms with van der Waals surface area (Å²) in [5, 5.41) is 30.8. The van der Waals surface area contributed by atoms with Gasteiger partial charge >= 0.3 is 0 Å². The Labute approximate surface area is 137 Å². The van der Waals surface area contributed by atoms with Gasteiger partial charge in [0.2, 0.25) is 0 Å². The van der Waals surface area contributed by atoms with Crippen molar-refractivity contribution in [3.8, 4) is 6.07 Å². The smallest absolute Gasteiger partial charge is 0.269 e. The van der Waals surface area contributed by atoms with Crippen LogP contribution >= 0.6 is 11.8 Å². The summed E-state index contributed by atoms with van der Waals surface area (Å²) in [7, 11) is 0. The van der Waals surface area contributed by atoms with Crippen molar-refractivity contribution in [1.29, 1.82) is 5.26 Å². The lowest BCUT2D eigenvalue weighted by Gasteiger charge is -2.12. The Hall–Kier alpha value is -2.43. The fourth-order valence-corrected chi connectivity index (χ4v) is 3.21. The highest BCUT2D eigenvalue weighted by Gasteiger charge is 2.15. The van der Waals surface area contributed by atoms with E-state index in [4.69, 9.17) is 0 Å². The van der Waals surface area contributed by atoms with Crippen LogP contribution in [0.2, 0.25) is 0 Å². The first kappa shape index (κ1) is 16.9. The zero-order chi connectivity index (χ0) is 17.0. The molecule has 118 valence electrons. The second-order valence-electron chi connectivity index (χ2n) is 5.05. The third-order valence-electron chi connectivity index (χ3n) is 3.27. The molecule has 0 aliphatic carbocycles. The van der Waals surface area contributed by atoms with E-state index < -0.39 is 11.0 Å². The zero-order valence-electron chi connectivity index (χ0n) is 12.7. The normalized spacial score (nSPS) is 11.7. The molecule has 0 radical (unpaired) electrons. The summed E-state index contributed by atoms with van der Waals surface area (Å²) in [5.41, 5.74) is 2.54. The summed E-state index contributed by atoms with van der Waals surface area (Å²) >= 11 is 1.26. The van der Waals surface area contributed by atoms with Gasteiger partial charge in [-0.05, 0) is 31.0 Å². The summed E-state index contributed by atoms with van der Waals surface area (Å²) in [4.78, 5) is 14.6. The Morgan fingerprint density at radius 2 is 2.17 bits per heavy atom. The van der Waals surface area contributed by atoms with Gasteiger partial charge < -0.3 is 5.11 Å². The molecule has 1 atom stereocenters. The molecule has 0 amide bonds. The zero-order valence-corrected chi connectivity index (χ0v) is 13.5. The van der Waals surface area contributed by atoms with Crippen molar-refractivity contribution in [3.05, 3.63) is 62.8 Å². The van der Waals surface area contributed by atoms with Crippen molar-refractivity contribution in [3.63, 3.8) is 0 Å². The lowest BCUT2D eigenvalue weighted by Crippen LogP contribution is -2.03. The molecule has 0 unspecified atom stereocenters. The number of aromatic nitrogens is 1.